The minimum Gasteiger partial charge on any atom is -0.472 e. The average molecular weight is 294 g/mol. The Kier molecular flexibility index (Phi) is 5.21. The van der Waals surface area contributed by atoms with E-state index in [4.69, 9.17) is 20.8 Å². The first-order valence-electron chi connectivity index (χ1n) is 6.25. The third-order valence-corrected chi connectivity index (χ3v) is 3.15. The van der Waals surface area contributed by atoms with Gasteiger partial charge in [-0.25, -0.2) is 0 Å². The first kappa shape index (κ1) is 14.6. The lowest BCUT2D eigenvalue weighted by atomic mass is 10.2. The number of nitrogens with zero attached hydrogens (tertiary/aromatic N) is 1. The molecule has 5 heteroatoms. The number of halogens is 1. The van der Waals surface area contributed by atoms with Crippen LogP contribution in [0.3, 0.4) is 0 Å². The fourth-order valence-electron chi connectivity index (χ4n) is 1.83. The molecule has 1 aromatic heterocycles. The molecule has 1 amide bonds. The molecule has 0 radical (unpaired) electrons. The number of benzene rings is 1. The summed E-state index contributed by atoms with van der Waals surface area (Å²) in [6, 6.07) is 8.71. The van der Waals surface area contributed by atoms with Crippen molar-refractivity contribution in [1.82, 2.24) is 4.90 Å². The van der Waals surface area contributed by atoms with Gasteiger partial charge in [-0.2, -0.15) is 0 Å². The van der Waals surface area contributed by atoms with Gasteiger partial charge in [-0.15, -0.1) is 0 Å². The van der Waals surface area contributed by atoms with Gasteiger partial charge in [0, 0.05) is 36.3 Å². The van der Waals surface area contributed by atoms with Crippen LogP contribution < -0.4 is 0 Å². The molecule has 0 atom stereocenters. The van der Waals surface area contributed by atoms with Gasteiger partial charge in [-0.1, -0.05) is 11.6 Å². The zero-order valence-corrected chi connectivity index (χ0v) is 12.0. The second-order valence-electron chi connectivity index (χ2n) is 4.36. The van der Waals surface area contributed by atoms with Crippen molar-refractivity contribution in [1.29, 1.82) is 0 Å². The van der Waals surface area contributed by atoms with Crippen molar-refractivity contribution < 1.29 is 13.9 Å². The topological polar surface area (TPSA) is 42.7 Å². The minimum atomic E-state index is -0.0556. The summed E-state index contributed by atoms with van der Waals surface area (Å²) in [6.45, 7) is 1.49. The molecule has 1 heterocycles. The monoisotopic (exact) mass is 293 g/mol. The Labute approximate surface area is 122 Å². The predicted molar refractivity (Wildman–Crippen MR) is 76.8 cm³/mol. The number of hydrogen-bond acceptors (Lipinski definition) is 3. The molecule has 2 rings (SSSR count). The lowest BCUT2D eigenvalue weighted by Gasteiger charge is -2.21. The fraction of sp³-hybridized carbons (Fsp3) is 0.267. The lowest BCUT2D eigenvalue weighted by molar-refractivity contribution is 0.0680. The molecule has 0 spiro atoms. The number of amides is 1. The van der Waals surface area contributed by atoms with Crippen LogP contribution >= 0.6 is 11.6 Å². The van der Waals surface area contributed by atoms with E-state index >= 15 is 0 Å². The molecule has 1 aromatic carbocycles. The largest absolute Gasteiger partial charge is 0.472 e. The van der Waals surface area contributed by atoms with E-state index in [9.17, 15) is 4.79 Å². The van der Waals surface area contributed by atoms with E-state index in [-0.39, 0.29) is 5.91 Å². The Morgan fingerprint density at radius 1 is 1.30 bits per heavy atom. The third kappa shape index (κ3) is 3.85. The van der Waals surface area contributed by atoms with Crippen molar-refractivity contribution in [3.63, 3.8) is 0 Å². The molecule has 0 aliphatic rings. The van der Waals surface area contributed by atoms with E-state index in [1.807, 2.05) is 6.07 Å². The molecule has 20 heavy (non-hydrogen) atoms. The van der Waals surface area contributed by atoms with Crippen molar-refractivity contribution in [2.24, 2.45) is 0 Å². The number of methoxy groups -OCH3 is 1. The summed E-state index contributed by atoms with van der Waals surface area (Å²) in [6.07, 6.45) is 3.23. The molecule has 0 N–H and O–H groups in total. The summed E-state index contributed by atoms with van der Waals surface area (Å²) in [4.78, 5) is 14.2. The van der Waals surface area contributed by atoms with Crippen molar-refractivity contribution >= 4 is 17.5 Å². The molecule has 0 saturated carbocycles. The molecular formula is C15H16ClNO3. The van der Waals surface area contributed by atoms with Crippen molar-refractivity contribution in [3.8, 4) is 0 Å². The van der Waals surface area contributed by atoms with E-state index in [1.54, 1.807) is 48.8 Å². The van der Waals surface area contributed by atoms with Crippen LogP contribution in [0.1, 0.15) is 15.9 Å². The van der Waals surface area contributed by atoms with Gasteiger partial charge in [-0.3, -0.25) is 4.79 Å². The van der Waals surface area contributed by atoms with Crippen molar-refractivity contribution in [3.05, 3.63) is 59.0 Å². The molecule has 0 aliphatic carbocycles. The van der Waals surface area contributed by atoms with Crippen molar-refractivity contribution in [2.75, 3.05) is 20.3 Å². The number of carbonyl (C=O) groups excluding carboxylic acids is 1. The van der Waals surface area contributed by atoms with Crippen molar-refractivity contribution in [2.45, 2.75) is 6.54 Å². The average Bonchev–Trinajstić information content (AvgIpc) is 2.96. The van der Waals surface area contributed by atoms with Crippen LogP contribution in [0.15, 0.2) is 47.3 Å². The summed E-state index contributed by atoms with van der Waals surface area (Å²) < 4.78 is 10.1. The van der Waals surface area contributed by atoms with Crippen LogP contribution in [0, 0.1) is 0 Å². The number of hydrogen-bond donors (Lipinski definition) is 0. The number of rotatable bonds is 6. The molecular weight excluding hydrogens is 278 g/mol. The maximum atomic E-state index is 12.5. The van der Waals surface area contributed by atoms with Gasteiger partial charge in [-0.05, 0) is 30.3 Å². The lowest BCUT2D eigenvalue weighted by Crippen LogP contribution is -2.33. The van der Waals surface area contributed by atoms with Crippen LogP contribution in [0.5, 0.6) is 0 Å². The molecule has 0 saturated heterocycles. The highest BCUT2D eigenvalue weighted by Crippen LogP contribution is 2.14. The highest BCUT2D eigenvalue weighted by Gasteiger charge is 2.16. The fourth-order valence-corrected chi connectivity index (χ4v) is 1.96. The minimum absolute atomic E-state index is 0.0556. The second-order valence-corrected chi connectivity index (χ2v) is 4.79. The van der Waals surface area contributed by atoms with Gasteiger partial charge >= 0.3 is 0 Å². The first-order valence-corrected chi connectivity index (χ1v) is 6.63. The van der Waals surface area contributed by atoms with Gasteiger partial charge in [0.25, 0.3) is 5.91 Å². The predicted octanol–water partition coefficient (Wildman–Crippen LogP) is 3.22. The van der Waals surface area contributed by atoms with Crippen LogP contribution in [-0.4, -0.2) is 31.1 Å². The van der Waals surface area contributed by atoms with Gasteiger partial charge in [0.2, 0.25) is 0 Å². The molecule has 4 nitrogen and oxygen atoms in total. The molecule has 106 valence electrons. The van der Waals surface area contributed by atoms with Crippen LogP contribution in [0.2, 0.25) is 5.02 Å². The van der Waals surface area contributed by atoms with E-state index in [0.29, 0.717) is 30.3 Å². The first-order chi connectivity index (χ1) is 9.70. The Bertz CT molecular complexity index is 537. The summed E-state index contributed by atoms with van der Waals surface area (Å²) in [5, 5.41) is 0.611. The van der Waals surface area contributed by atoms with Crippen LogP contribution in [0.4, 0.5) is 0 Å². The third-order valence-electron chi connectivity index (χ3n) is 2.90. The summed E-state index contributed by atoms with van der Waals surface area (Å²) in [5.41, 5.74) is 1.55. The second kappa shape index (κ2) is 7.12. The van der Waals surface area contributed by atoms with E-state index in [2.05, 4.69) is 0 Å². The zero-order chi connectivity index (χ0) is 14.4. The Morgan fingerprint density at radius 2 is 2.05 bits per heavy atom. The van der Waals surface area contributed by atoms with E-state index in [1.165, 1.54) is 0 Å². The SMILES string of the molecule is COCCN(Cc1ccoc1)C(=O)c1ccc(Cl)cc1. The Morgan fingerprint density at radius 3 is 2.65 bits per heavy atom. The molecule has 0 fully saturated rings. The molecule has 2 aromatic rings. The summed E-state index contributed by atoms with van der Waals surface area (Å²) in [5.74, 6) is -0.0556. The van der Waals surface area contributed by atoms with Gasteiger partial charge in [0.05, 0.1) is 19.1 Å². The van der Waals surface area contributed by atoms with Gasteiger partial charge in [0.1, 0.15) is 0 Å². The number of carbonyl (C=O) groups is 1. The number of furan rings is 1. The molecule has 0 unspecified atom stereocenters. The Balaban J connectivity index is 2.12. The summed E-state index contributed by atoms with van der Waals surface area (Å²) >= 11 is 5.84. The van der Waals surface area contributed by atoms with Crippen LogP contribution in [0.25, 0.3) is 0 Å². The smallest absolute Gasteiger partial charge is 0.254 e. The van der Waals surface area contributed by atoms with Gasteiger partial charge < -0.3 is 14.1 Å². The molecule has 0 bridgehead atoms. The number of ether oxygens (including phenoxy) is 1. The summed E-state index contributed by atoms with van der Waals surface area (Å²) in [7, 11) is 1.61. The normalized spacial score (nSPS) is 10.5. The van der Waals surface area contributed by atoms with Gasteiger partial charge in [0.15, 0.2) is 0 Å². The maximum Gasteiger partial charge on any atom is 0.254 e. The maximum absolute atomic E-state index is 12.5. The highest BCUT2D eigenvalue weighted by atomic mass is 35.5. The van der Waals surface area contributed by atoms with E-state index < -0.39 is 0 Å². The van der Waals surface area contributed by atoms with Crippen LogP contribution in [-0.2, 0) is 11.3 Å². The highest BCUT2D eigenvalue weighted by molar-refractivity contribution is 6.30. The quantitative estimate of drug-likeness (QED) is 0.821. The Hall–Kier alpha value is -1.78. The molecule has 0 aliphatic heterocycles. The van der Waals surface area contributed by atoms with E-state index in [0.717, 1.165) is 5.56 Å². The standard InChI is InChI=1S/C15H16ClNO3/c1-19-9-7-17(10-12-6-8-20-11-12)15(18)13-2-4-14(16)5-3-13/h2-6,8,11H,7,9-10H2,1H3. The zero-order valence-electron chi connectivity index (χ0n) is 11.2.